The third-order valence-electron chi connectivity index (χ3n) is 5.12. The van der Waals surface area contributed by atoms with E-state index in [1.165, 1.54) is 19.2 Å². The van der Waals surface area contributed by atoms with Gasteiger partial charge < -0.3 is 14.5 Å². The van der Waals surface area contributed by atoms with E-state index in [0.717, 1.165) is 25.2 Å². The van der Waals surface area contributed by atoms with Gasteiger partial charge >= 0.3 is 0 Å². The van der Waals surface area contributed by atoms with Gasteiger partial charge in [-0.15, -0.1) is 0 Å². The molecule has 1 amide bonds. The molecule has 1 N–H and O–H groups in total. The summed E-state index contributed by atoms with van der Waals surface area (Å²) in [6, 6.07) is 13.8. The summed E-state index contributed by atoms with van der Waals surface area (Å²) in [6.07, 6.45) is 0. The third kappa shape index (κ3) is 5.14. The van der Waals surface area contributed by atoms with Crippen LogP contribution < -0.4 is 9.46 Å². The number of benzene rings is 2. The van der Waals surface area contributed by atoms with Gasteiger partial charge in [0, 0.05) is 38.3 Å². The van der Waals surface area contributed by atoms with Gasteiger partial charge in [0.15, 0.2) is 0 Å². The highest BCUT2D eigenvalue weighted by Crippen LogP contribution is 2.26. The lowest BCUT2D eigenvalue weighted by Gasteiger charge is -2.34. The Kier molecular flexibility index (Phi) is 6.89. The van der Waals surface area contributed by atoms with Crippen molar-refractivity contribution in [3.05, 3.63) is 59.7 Å². The topological polar surface area (TPSA) is 79.0 Å². The van der Waals surface area contributed by atoms with Gasteiger partial charge in [-0.2, -0.15) is 0 Å². The number of hydrogen-bond acceptors (Lipinski definition) is 5. The van der Waals surface area contributed by atoms with Gasteiger partial charge in [-0.05, 0) is 30.3 Å². The highest BCUT2D eigenvalue weighted by Gasteiger charge is 2.25. The molecule has 1 saturated heterocycles. The zero-order valence-corrected chi connectivity index (χ0v) is 17.6. The molecule has 0 spiro atoms. The Morgan fingerprint density at radius 2 is 1.76 bits per heavy atom. The van der Waals surface area contributed by atoms with Crippen LogP contribution in [0.25, 0.3) is 0 Å². The maximum Gasteiger partial charge on any atom is 0.253 e. The number of amides is 1. The fraction of sp³-hybridized carbons (Fsp3) is 0.381. The van der Waals surface area contributed by atoms with Crippen LogP contribution >= 0.6 is 0 Å². The number of piperazine rings is 1. The highest BCUT2D eigenvalue weighted by atomic mass is 32.2. The summed E-state index contributed by atoms with van der Waals surface area (Å²) < 4.78 is 33.6. The van der Waals surface area contributed by atoms with Crippen molar-refractivity contribution >= 4 is 15.9 Å². The number of carbonyl (C=O) groups excluding carboxylic acids is 1. The van der Waals surface area contributed by atoms with Crippen molar-refractivity contribution in [1.29, 1.82) is 0 Å². The molecule has 1 heterocycles. The van der Waals surface area contributed by atoms with E-state index in [1.54, 1.807) is 11.0 Å². The Hall–Kier alpha value is -2.42. The van der Waals surface area contributed by atoms with Gasteiger partial charge in [0.25, 0.3) is 5.91 Å². The number of ether oxygens (including phenoxy) is 1. The van der Waals surface area contributed by atoms with Crippen LogP contribution in [0.2, 0.25) is 0 Å². The molecule has 0 aliphatic carbocycles. The zero-order valence-electron chi connectivity index (χ0n) is 16.8. The largest absolute Gasteiger partial charge is 0.495 e. The second-order valence-corrected chi connectivity index (χ2v) is 8.64. The molecule has 7 nitrogen and oxygen atoms in total. The molecule has 156 valence electrons. The van der Waals surface area contributed by atoms with Crippen LogP contribution in [0.4, 0.5) is 0 Å². The molecule has 3 rings (SSSR count). The molecule has 1 aliphatic heterocycles. The van der Waals surface area contributed by atoms with E-state index in [-0.39, 0.29) is 23.1 Å². The Labute approximate surface area is 172 Å². The van der Waals surface area contributed by atoms with E-state index < -0.39 is 10.0 Å². The maximum absolute atomic E-state index is 12.9. The van der Waals surface area contributed by atoms with Gasteiger partial charge in [0.1, 0.15) is 10.6 Å². The molecule has 1 aliphatic rings. The number of nitrogens with zero attached hydrogens (tertiary/aromatic N) is 2. The monoisotopic (exact) mass is 417 g/mol. The van der Waals surface area contributed by atoms with E-state index in [2.05, 4.69) is 16.5 Å². The fourth-order valence-corrected chi connectivity index (χ4v) is 4.53. The quantitative estimate of drug-likeness (QED) is 0.745. The summed E-state index contributed by atoms with van der Waals surface area (Å²) >= 11 is 0. The van der Waals surface area contributed by atoms with E-state index in [1.807, 2.05) is 30.3 Å². The normalized spacial score (nSPS) is 15.3. The van der Waals surface area contributed by atoms with Crippen molar-refractivity contribution in [2.45, 2.75) is 18.4 Å². The number of methoxy groups -OCH3 is 1. The number of nitrogens with one attached hydrogen (secondary N) is 1. The number of carbonyl (C=O) groups is 1. The van der Waals surface area contributed by atoms with Gasteiger partial charge in [0.05, 0.1) is 7.11 Å². The van der Waals surface area contributed by atoms with Gasteiger partial charge in [0.2, 0.25) is 10.0 Å². The first-order chi connectivity index (χ1) is 13.9. The van der Waals surface area contributed by atoms with Crippen molar-refractivity contribution in [3.63, 3.8) is 0 Å². The Morgan fingerprint density at radius 1 is 1.07 bits per heavy atom. The van der Waals surface area contributed by atoms with Gasteiger partial charge in [-0.3, -0.25) is 4.79 Å². The van der Waals surface area contributed by atoms with E-state index in [0.29, 0.717) is 18.7 Å². The van der Waals surface area contributed by atoms with E-state index in [9.17, 15) is 13.2 Å². The molecular weight excluding hydrogens is 390 g/mol. The fourth-order valence-electron chi connectivity index (χ4n) is 3.32. The molecule has 29 heavy (non-hydrogen) atoms. The predicted octanol–water partition coefficient (Wildman–Crippen LogP) is 1.95. The molecule has 0 radical (unpaired) electrons. The number of rotatable bonds is 7. The summed E-state index contributed by atoms with van der Waals surface area (Å²) in [7, 11) is -2.44. The summed E-state index contributed by atoms with van der Waals surface area (Å²) in [5, 5.41) is 0. The second kappa shape index (κ2) is 9.39. The van der Waals surface area contributed by atoms with E-state index in [4.69, 9.17) is 4.74 Å². The number of likely N-dealkylation sites (N-methyl/N-ethyl adjacent to an activating group) is 1. The van der Waals surface area contributed by atoms with Crippen LogP contribution in [0.5, 0.6) is 5.75 Å². The minimum atomic E-state index is -3.85. The average Bonchev–Trinajstić information content (AvgIpc) is 2.77. The molecular formula is C21H27N3O4S. The summed E-state index contributed by atoms with van der Waals surface area (Å²) in [4.78, 5) is 16.9. The number of sulfonamides is 1. The van der Waals surface area contributed by atoms with Crippen LogP contribution in [0.15, 0.2) is 53.4 Å². The Bertz CT molecular complexity index is 940. The zero-order chi connectivity index (χ0) is 20.9. The summed E-state index contributed by atoms with van der Waals surface area (Å²) in [5.74, 6) is 0.0424. The van der Waals surface area contributed by atoms with Crippen molar-refractivity contribution in [2.75, 3.05) is 39.8 Å². The van der Waals surface area contributed by atoms with Crippen LogP contribution in [0, 0.1) is 0 Å². The standard InChI is InChI=1S/C21H27N3O4S/c1-3-23-11-13-24(14-12-23)21(25)18-9-10-19(28-2)20(15-18)29(26,27)22-16-17-7-5-4-6-8-17/h4-10,15,22H,3,11-14,16H2,1-2H3. The molecule has 1 fully saturated rings. The molecule has 0 atom stereocenters. The molecule has 0 saturated carbocycles. The lowest BCUT2D eigenvalue weighted by molar-refractivity contribution is 0.0643. The summed E-state index contributed by atoms with van der Waals surface area (Å²) in [6.45, 7) is 6.12. The Balaban J connectivity index is 1.80. The third-order valence-corrected chi connectivity index (χ3v) is 6.54. The minimum absolute atomic E-state index is 0.0334. The average molecular weight is 418 g/mol. The van der Waals surface area contributed by atoms with Gasteiger partial charge in [-0.1, -0.05) is 37.3 Å². The second-order valence-electron chi connectivity index (χ2n) is 6.90. The molecule has 2 aromatic carbocycles. The van der Waals surface area contributed by atoms with Crippen LogP contribution in [-0.4, -0.2) is 64.0 Å². The molecule has 2 aromatic rings. The Morgan fingerprint density at radius 3 is 2.38 bits per heavy atom. The first-order valence-electron chi connectivity index (χ1n) is 9.68. The van der Waals surface area contributed by atoms with Crippen molar-refractivity contribution in [2.24, 2.45) is 0 Å². The van der Waals surface area contributed by atoms with Gasteiger partial charge in [-0.25, -0.2) is 13.1 Å². The minimum Gasteiger partial charge on any atom is -0.495 e. The van der Waals surface area contributed by atoms with Crippen molar-refractivity contribution in [3.8, 4) is 5.75 Å². The molecule has 8 heteroatoms. The first kappa shape index (κ1) is 21.3. The van der Waals surface area contributed by atoms with Crippen LogP contribution in [-0.2, 0) is 16.6 Å². The number of hydrogen-bond donors (Lipinski definition) is 1. The van der Waals surface area contributed by atoms with Crippen LogP contribution in [0.1, 0.15) is 22.8 Å². The summed E-state index contributed by atoms with van der Waals surface area (Å²) in [5.41, 5.74) is 1.19. The van der Waals surface area contributed by atoms with Crippen molar-refractivity contribution in [1.82, 2.24) is 14.5 Å². The first-order valence-corrected chi connectivity index (χ1v) is 11.2. The van der Waals surface area contributed by atoms with Crippen molar-refractivity contribution < 1.29 is 17.9 Å². The SMILES string of the molecule is CCN1CCN(C(=O)c2ccc(OC)c(S(=O)(=O)NCc3ccccc3)c2)CC1. The van der Waals surface area contributed by atoms with E-state index >= 15 is 0 Å². The molecule has 0 aromatic heterocycles. The van der Waals surface area contributed by atoms with Crippen LogP contribution in [0.3, 0.4) is 0 Å². The lowest BCUT2D eigenvalue weighted by atomic mass is 10.1. The highest BCUT2D eigenvalue weighted by molar-refractivity contribution is 7.89. The molecule has 0 bridgehead atoms. The maximum atomic E-state index is 12.9. The smallest absolute Gasteiger partial charge is 0.253 e. The molecule has 0 unspecified atom stereocenters. The predicted molar refractivity (Wildman–Crippen MR) is 111 cm³/mol. The lowest BCUT2D eigenvalue weighted by Crippen LogP contribution is -2.48.